The zero-order valence-electron chi connectivity index (χ0n) is 9.03. The lowest BCUT2D eigenvalue weighted by molar-refractivity contribution is 0.374. The van der Waals surface area contributed by atoms with E-state index in [1.54, 1.807) is 11.8 Å². The standard InChI is InChI=1S/C10H17N3OS/c1-2-3-7-15-10-13-12-9(14-10)8-5-4-6-11-8/h8,11H,2-7H2,1H3/t8-/m0/s1. The van der Waals surface area contributed by atoms with Gasteiger partial charge in [0.15, 0.2) is 0 Å². The van der Waals surface area contributed by atoms with Gasteiger partial charge >= 0.3 is 0 Å². The fourth-order valence-corrected chi connectivity index (χ4v) is 2.47. The number of aromatic nitrogens is 2. The maximum Gasteiger partial charge on any atom is 0.276 e. The Balaban J connectivity index is 1.86. The summed E-state index contributed by atoms with van der Waals surface area (Å²) < 4.78 is 5.59. The Morgan fingerprint density at radius 1 is 1.53 bits per heavy atom. The minimum Gasteiger partial charge on any atom is -0.414 e. The number of thioether (sulfide) groups is 1. The lowest BCUT2D eigenvalue weighted by Crippen LogP contribution is -2.12. The first-order chi connectivity index (χ1) is 7.40. The number of hydrogen-bond donors (Lipinski definition) is 1. The molecule has 5 heteroatoms. The summed E-state index contributed by atoms with van der Waals surface area (Å²) in [5.41, 5.74) is 0. The van der Waals surface area contributed by atoms with Crippen molar-refractivity contribution >= 4 is 11.8 Å². The minimum absolute atomic E-state index is 0.290. The van der Waals surface area contributed by atoms with Crippen LogP contribution in [0.4, 0.5) is 0 Å². The van der Waals surface area contributed by atoms with Crippen molar-refractivity contribution in [2.45, 2.75) is 43.9 Å². The van der Waals surface area contributed by atoms with Crippen molar-refractivity contribution in [1.82, 2.24) is 15.5 Å². The van der Waals surface area contributed by atoms with Crippen molar-refractivity contribution in [2.75, 3.05) is 12.3 Å². The Hall–Kier alpha value is -0.550. The van der Waals surface area contributed by atoms with Crippen LogP contribution in [0.15, 0.2) is 9.64 Å². The van der Waals surface area contributed by atoms with Crippen LogP contribution in [0.3, 0.4) is 0 Å². The monoisotopic (exact) mass is 227 g/mol. The van der Waals surface area contributed by atoms with Crippen LogP contribution in [0.25, 0.3) is 0 Å². The quantitative estimate of drug-likeness (QED) is 0.618. The van der Waals surface area contributed by atoms with Crippen molar-refractivity contribution in [1.29, 1.82) is 0 Å². The number of hydrogen-bond acceptors (Lipinski definition) is 5. The molecule has 1 fully saturated rings. The predicted molar refractivity (Wildman–Crippen MR) is 59.9 cm³/mol. The largest absolute Gasteiger partial charge is 0.414 e. The fraction of sp³-hybridized carbons (Fsp3) is 0.800. The van der Waals surface area contributed by atoms with E-state index >= 15 is 0 Å². The third-order valence-electron chi connectivity index (χ3n) is 2.50. The molecular formula is C10H17N3OS. The number of unbranched alkanes of at least 4 members (excludes halogenated alkanes) is 1. The van der Waals surface area contributed by atoms with E-state index in [0.717, 1.165) is 24.6 Å². The molecule has 1 saturated heterocycles. The molecule has 0 aromatic carbocycles. The first kappa shape index (κ1) is 11.0. The van der Waals surface area contributed by atoms with E-state index in [-0.39, 0.29) is 6.04 Å². The average molecular weight is 227 g/mol. The molecule has 0 radical (unpaired) electrons. The second-order valence-electron chi connectivity index (χ2n) is 3.76. The molecule has 84 valence electrons. The van der Waals surface area contributed by atoms with E-state index in [2.05, 4.69) is 22.4 Å². The maximum absolute atomic E-state index is 5.59. The van der Waals surface area contributed by atoms with E-state index in [0.29, 0.717) is 5.22 Å². The van der Waals surface area contributed by atoms with E-state index in [9.17, 15) is 0 Å². The first-order valence-electron chi connectivity index (χ1n) is 5.59. The second kappa shape index (κ2) is 5.51. The summed E-state index contributed by atoms with van der Waals surface area (Å²) in [5.74, 6) is 1.82. The van der Waals surface area contributed by atoms with Gasteiger partial charge in [0, 0.05) is 5.75 Å². The third-order valence-corrected chi connectivity index (χ3v) is 3.41. The Morgan fingerprint density at radius 2 is 2.47 bits per heavy atom. The zero-order valence-corrected chi connectivity index (χ0v) is 9.85. The van der Waals surface area contributed by atoms with Gasteiger partial charge in [-0.3, -0.25) is 0 Å². The highest BCUT2D eigenvalue weighted by Crippen LogP contribution is 2.25. The summed E-state index contributed by atoms with van der Waals surface area (Å²) in [6, 6.07) is 0.290. The molecule has 15 heavy (non-hydrogen) atoms. The van der Waals surface area contributed by atoms with Gasteiger partial charge in [-0.25, -0.2) is 0 Å². The molecule has 0 bridgehead atoms. The van der Waals surface area contributed by atoms with Crippen molar-refractivity contribution in [2.24, 2.45) is 0 Å². The van der Waals surface area contributed by atoms with Crippen molar-refractivity contribution in [3.8, 4) is 0 Å². The first-order valence-corrected chi connectivity index (χ1v) is 6.58. The van der Waals surface area contributed by atoms with Crippen molar-refractivity contribution < 1.29 is 4.42 Å². The van der Waals surface area contributed by atoms with Crippen LogP contribution in [0.2, 0.25) is 0 Å². The molecule has 1 N–H and O–H groups in total. The molecule has 0 amide bonds. The van der Waals surface area contributed by atoms with Crippen LogP contribution in [-0.2, 0) is 0 Å². The van der Waals surface area contributed by atoms with Crippen LogP contribution >= 0.6 is 11.8 Å². The maximum atomic E-state index is 5.59. The molecule has 1 aromatic rings. The van der Waals surface area contributed by atoms with E-state index in [4.69, 9.17) is 4.42 Å². The fourth-order valence-electron chi connectivity index (χ4n) is 1.62. The van der Waals surface area contributed by atoms with Gasteiger partial charge in [-0.1, -0.05) is 25.1 Å². The summed E-state index contributed by atoms with van der Waals surface area (Å²) in [4.78, 5) is 0. The molecule has 1 aliphatic rings. The summed E-state index contributed by atoms with van der Waals surface area (Å²) in [6.07, 6.45) is 4.72. The topological polar surface area (TPSA) is 51.0 Å². The highest BCUT2D eigenvalue weighted by molar-refractivity contribution is 7.99. The Kier molecular flexibility index (Phi) is 4.02. The Labute approximate surface area is 94.2 Å². The molecule has 2 heterocycles. The summed E-state index contributed by atoms with van der Waals surface area (Å²) in [6.45, 7) is 3.24. The molecule has 1 aromatic heterocycles. The molecule has 1 atom stereocenters. The molecule has 4 nitrogen and oxygen atoms in total. The lowest BCUT2D eigenvalue weighted by Gasteiger charge is -2.01. The number of rotatable bonds is 5. The smallest absolute Gasteiger partial charge is 0.276 e. The predicted octanol–water partition coefficient (Wildman–Crippen LogP) is 2.39. The Bertz CT molecular complexity index is 297. The van der Waals surface area contributed by atoms with Crippen LogP contribution < -0.4 is 5.32 Å². The van der Waals surface area contributed by atoms with Gasteiger partial charge in [-0.2, -0.15) is 0 Å². The van der Waals surface area contributed by atoms with Gasteiger partial charge < -0.3 is 9.73 Å². The zero-order chi connectivity index (χ0) is 10.5. The lowest BCUT2D eigenvalue weighted by atomic mass is 10.2. The number of nitrogens with zero attached hydrogens (tertiary/aromatic N) is 2. The summed E-state index contributed by atoms with van der Waals surface area (Å²) in [7, 11) is 0. The van der Waals surface area contributed by atoms with Crippen LogP contribution in [0.1, 0.15) is 44.5 Å². The summed E-state index contributed by atoms with van der Waals surface area (Å²) in [5, 5.41) is 12.2. The summed E-state index contributed by atoms with van der Waals surface area (Å²) >= 11 is 1.66. The van der Waals surface area contributed by atoms with Crippen LogP contribution in [0, 0.1) is 0 Å². The molecule has 0 spiro atoms. The van der Waals surface area contributed by atoms with Gasteiger partial charge in [0.1, 0.15) is 0 Å². The number of nitrogens with one attached hydrogen (secondary N) is 1. The van der Waals surface area contributed by atoms with Gasteiger partial charge in [0.2, 0.25) is 5.89 Å². The van der Waals surface area contributed by atoms with E-state index in [1.165, 1.54) is 19.3 Å². The second-order valence-corrected chi connectivity index (χ2v) is 4.80. The molecule has 0 aliphatic carbocycles. The molecule has 0 saturated carbocycles. The molecule has 0 unspecified atom stereocenters. The average Bonchev–Trinajstić information content (AvgIpc) is 2.87. The molecule has 1 aliphatic heterocycles. The van der Waals surface area contributed by atoms with E-state index < -0.39 is 0 Å². The SMILES string of the molecule is CCCCSc1nnc([C@@H]2CCCN2)o1. The van der Waals surface area contributed by atoms with E-state index in [1.807, 2.05) is 0 Å². The molecular weight excluding hydrogens is 210 g/mol. The normalized spacial score (nSPS) is 21.0. The highest BCUT2D eigenvalue weighted by Gasteiger charge is 2.21. The van der Waals surface area contributed by atoms with Crippen LogP contribution in [0.5, 0.6) is 0 Å². The highest BCUT2D eigenvalue weighted by atomic mass is 32.2. The Morgan fingerprint density at radius 3 is 3.20 bits per heavy atom. The van der Waals surface area contributed by atoms with Crippen molar-refractivity contribution in [3.63, 3.8) is 0 Å². The van der Waals surface area contributed by atoms with Gasteiger partial charge in [0.05, 0.1) is 6.04 Å². The van der Waals surface area contributed by atoms with Crippen molar-refractivity contribution in [3.05, 3.63) is 5.89 Å². The minimum atomic E-state index is 0.290. The van der Waals surface area contributed by atoms with Gasteiger partial charge in [-0.15, -0.1) is 10.2 Å². The van der Waals surface area contributed by atoms with Gasteiger partial charge in [0.25, 0.3) is 5.22 Å². The van der Waals surface area contributed by atoms with Gasteiger partial charge in [-0.05, 0) is 25.8 Å². The third kappa shape index (κ3) is 2.95. The van der Waals surface area contributed by atoms with Crippen LogP contribution in [-0.4, -0.2) is 22.5 Å². The molecule has 2 rings (SSSR count).